The molecule has 1 heterocycles. The van der Waals surface area contributed by atoms with Gasteiger partial charge in [0.25, 0.3) is 0 Å². The first kappa shape index (κ1) is 11.9. The standard InChI is InChI=1S/C18H17N/c1-12-8-10-15(11-9-12)18-14(3)13(2)16-6-4-5-7-17(16)19-18/h4-11H,1-3H3. The molecule has 19 heavy (non-hydrogen) atoms. The van der Waals surface area contributed by atoms with Crippen molar-refractivity contribution < 1.29 is 0 Å². The lowest BCUT2D eigenvalue weighted by molar-refractivity contribution is 1.27. The minimum absolute atomic E-state index is 1.07. The Kier molecular flexibility index (Phi) is 2.83. The second-order valence-electron chi connectivity index (χ2n) is 5.09. The van der Waals surface area contributed by atoms with E-state index in [1.165, 1.54) is 27.6 Å². The highest BCUT2D eigenvalue weighted by Crippen LogP contribution is 2.28. The fourth-order valence-electron chi connectivity index (χ4n) is 2.46. The van der Waals surface area contributed by atoms with Crippen LogP contribution in [-0.2, 0) is 0 Å². The first-order chi connectivity index (χ1) is 9.16. The van der Waals surface area contributed by atoms with E-state index in [9.17, 15) is 0 Å². The molecular weight excluding hydrogens is 230 g/mol. The van der Waals surface area contributed by atoms with E-state index >= 15 is 0 Å². The number of fused-ring (bicyclic) bond motifs is 1. The van der Waals surface area contributed by atoms with Gasteiger partial charge in [0.2, 0.25) is 0 Å². The molecular formula is C18H17N. The number of rotatable bonds is 1. The fourth-order valence-corrected chi connectivity index (χ4v) is 2.46. The molecule has 94 valence electrons. The van der Waals surface area contributed by atoms with Crippen molar-refractivity contribution in [2.45, 2.75) is 20.8 Å². The number of hydrogen-bond acceptors (Lipinski definition) is 1. The van der Waals surface area contributed by atoms with E-state index < -0.39 is 0 Å². The lowest BCUT2D eigenvalue weighted by Gasteiger charge is -2.11. The average molecular weight is 247 g/mol. The van der Waals surface area contributed by atoms with Gasteiger partial charge in [-0.2, -0.15) is 0 Å². The lowest BCUT2D eigenvalue weighted by Crippen LogP contribution is -1.94. The third-order valence-electron chi connectivity index (χ3n) is 3.78. The fraction of sp³-hybridized carbons (Fsp3) is 0.167. The molecule has 0 spiro atoms. The van der Waals surface area contributed by atoms with Gasteiger partial charge < -0.3 is 0 Å². The highest BCUT2D eigenvalue weighted by Gasteiger charge is 2.09. The zero-order valence-corrected chi connectivity index (χ0v) is 11.6. The summed E-state index contributed by atoms with van der Waals surface area (Å²) < 4.78 is 0. The second-order valence-corrected chi connectivity index (χ2v) is 5.09. The molecule has 1 nitrogen and oxygen atoms in total. The van der Waals surface area contributed by atoms with Gasteiger partial charge in [0.05, 0.1) is 11.2 Å². The summed E-state index contributed by atoms with van der Waals surface area (Å²) >= 11 is 0. The Hall–Kier alpha value is -2.15. The number of para-hydroxylation sites is 1. The highest BCUT2D eigenvalue weighted by molar-refractivity contribution is 5.86. The number of aromatic nitrogens is 1. The van der Waals surface area contributed by atoms with Crippen LogP contribution in [0.15, 0.2) is 48.5 Å². The Balaban J connectivity index is 2.29. The van der Waals surface area contributed by atoms with E-state index in [2.05, 4.69) is 63.2 Å². The Morgan fingerprint density at radius 3 is 2.16 bits per heavy atom. The van der Waals surface area contributed by atoms with Gasteiger partial charge in [-0.15, -0.1) is 0 Å². The third kappa shape index (κ3) is 2.01. The monoisotopic (exact) mass is 247 g/mol. The Morgan fingerprint density at radius 1 is 0.737 bits per heavy atom. The molecule has 0 N–H and O–H groups in total. The zero-order valence-electron chi connectivity index (χ0n) is 11.6. The van der Waals surface area contributed by atoms with E-state index in [0.29, 0.717) is 0 Å². The normalized spacial score (nSPS) is 10.9. The zero-order chi connectivity index (χ0) is 13.4. The van der Waals surface area contributed by atoms with Crippen LogP contribution in [0.1, 0.15) is 16.7 Å². The van der Waals surface area contributed by atoms with Crippen LogP contribution in [0, 0.1) is 20.8 Å². The van der Waals surface area contributed by atoms with Gasteiger partial charge >= 0.3 is 0 Å². The summed E-state index contributed by atoms with van der Waals surface area (Å²) in [6.45, 7) is 6.44. The number of hydrogen-bond donors (Lipinski definition) is 0. The van der Waals surface area contributed by atoms with Crippen molar-refractivity contribution in [2.24, 2.45) is 0 Å². The summed E-state index contributed by atoms with van der Waals surface area (Å²) in [6.07, 6.45) is 0. The van der Waals surface area contributed by atoms with Crippen molar-refractivity contribution in [1.29, 1.82) is 0 Å². The van der Waals surface area contributed by atoms with Crippen molar-refractivity contribution in [3.63, 3.8) is 0 Å². The topological polar surface area (TPSA) is 12.9 Å². The summed E-state index contributed by atoms with van der Waals surface area (Å²) in [4.78, 5) is 4.84. The molecule has 0 radical (unpaired) electrons. The van der Waals surface area contributed by atoms with E-state index in [4.69, 9.17) is 4.98 Å². The number of benzene rings is 2. The molecule has 0 amide bonds. The molecule has 0 unspecified atom stereocenters. The first-order valence-electron chi connectivity index (χ1n) is 6.60. The lowest BCUT2D eigenvalue weighted by atomic mass is 9.98. The predicted octanol–water partition coefficient (Wildman–Crippen LogP) is 4.83. The van der Waals surface area contributed by atoms with Crippen molar-refractivity contribution in [3.8, 4) is 11.3 Å². The Labute approximate surface area is 113 Å². The quantitative estimate of drug-likeness (QED) is 0.600. The van der Waals surface area contributed by atoms with Crippen molar-refractivity contribution in [2.75, 3.05) is 0 Å². The maximum atomic E-state index is 4.84. The van der Waals surface area contributed by atoms with Crippen molar-refractivity contribution >= 4 is 10.9 Å². The summed E-state index contributed by atoms with van der Waals surface area (Å²) in [6, 6.07) is 16.9. The van der Waals surface area contributed by atoms with Crippen LogP contribution >= 0.6 is 0 Å². The third-order valence-corrected chi connectivity index (χ3v) is 3.78. The highest BCUT2D eigenvalue weighted by atomic mass is 14.7. The first-order valence-corrected chi connectivity index (χ1v) is 6.60. The molecule has 0 fully saturated rings. The maximum Gasteiger partial charge on any atom is 0.0741 e. The predicted molar refractivity (Wildman–Crippen MR) is 81.4 cm³/mol. The van der Waals surface area contributed by atoms with Gasteiger partial charge in [0, 0.05) is 10.9 Å². The van der Waals surface area contributed by atoms with Crippen LogP contribution in [0.5, 0.6) is 0 Å². The molecule has 3 rings (SSSR count). The largest absolute Gasteiger partial charge is 0.247 e. The van der Waals surface area contributed by atoms with Gasteiger partial charge in [-0.1, -0.05) is 48.0 Å². The molecule has 0 aliphatic heterocycles. The molecule has 0 aliphatic rings. The van der Waals surface area contributed by atoms with Crippen LogP contribution in [0.3, 0.4) is 0 Å². The summed E-state index contributed by atoms with van der Waals surface area (Å²) in [5.74, 6) is 0. The molecule has 0 saturated carbocycles. The number of nitrogens with zero attached hydrogens (tertiary/aromatic N) is 1. The Morgan fingerprint density at radius 2 is 1.42 bits per heavy atom. The van der Waals surface area contributed by atoms with Crippen LogP contribution < -0.4 is 0 Å². The van der Waals surface area contributed by atoms with Crippen molar-refractivity contribution in [1.82, 2.24) is 4.98 Å². The average Bonchev–Trinajstić information content (AvgIpc) is 2.44. The van der Waals surface area contributed by atoms with Gasteiger partial charge in [-0.3, -0.25) is 0 Å². The van der Waals surface area contributed by atoms with Gasteiger partial charge in [0.15, 0.2) is 0 Å². The molecule has 2 aromatic carbocycles. The minimum atomic E-state index is 1.07. The van der Waals surface area contributed by atoms with E-state index in [1.54, 1.807) is 0 Å². The number of pyridine rings is 1. The SMILES string of the molecule is Cc1ccc(-c2nc3ccccc3c(C)c2C)cc1. The Bertz CT molecular complexity index is 739. The van der Waals surface area contributed by atoms with Crippen LogP contribution in [0.2, 0.25) is 0 Å². The van der Waals surface area contributed by atoms with Gasteiger partial charge in [-0.05, 0) is 38.0 Å². The van der Waals surface area contributed by atoms with Crippen LogP contribution in [0.25, 0.3) is 22.2 Å². The maximum absolute atomic E-state index is 4.84. The molecule has 0 bridgehead atoms. The van der Waals surface area contributed by atoms with Crippen molar-refractivity contribution in [3.05, 3.63) is 65.2 Å². The van der Waals surface area contributed by atoms with Gasteiger partial charge in [-0.25, -0.2) is 4.98 Å². The van der Waals surface area contributed by atoms with E-state index in [-0.39, 0.29) is 0 Å². The smallest absolute Gasteiger partial charge is 0.0741 e. The molecule has 0 aliphatic carbocycles. The summed E-state index contributed by atoms with van der Waals surface area (Å²) in [7, 11) is 0. The minimum Gasteiger partial charge on any atom is -0.247 e. The van der Waals surface area contributed by atoms with E-state index in [0.717, 1.165) is 11.2 Å². The van der Waals surface area contributed by atoms with E-state index in [1.807, 2.05) is 6.07 Å². The molecule has 0 atom stereocenters. The van der Waals surface area contributed by atoms with Crippen LogP contribution in [-0.4, -0.2) is 4.98 Å². The second kappa shape index (κ2) is 4.51. The molecule has 0 saturated heterocycles. The molecule has 1 heteroatoms. The molecule has 3 aromatic rings. The van der Waals surface area contributed by atoms with Crippen LogP contribution in [0.4, 0.5) is 0 Å². The summed E-state index contributed by atoms with van der Waals surface area (Å²) in [5.41, 5.74) is 7.22. The summed E-state index contributed by atoms with van der Waals surface area (Å²) in [5, 5.41) is 1.25. The number of aryl methyl sites for hydroxylation is 2. The molecule has 1 aromatic heterocycles. The van der Waals surface area contributed by atoms with Gasteiger partial charge in [0.1, 0.15) is 0 Å².